The second kappa shape index (κ2) is 13.1. The van der Waals surface area contributed by atoms with Crippen LogP contribution < -0.4 is 10.1 Å². The Hall–Kier alpha value is -3.09. The van der Waals surface area contributed by atoms with E-state index in [2.05, 4.69) is 51.5 Å². The number of benzene rings is 2. The Morgan fingerprint density at radius 3 is 2.34 bits per heavy atom. The maximum absolute atomic E-state index is 12.6. The zero-order valence-electron chi connectivity index (χ0n) is 20.7. The van der Waals surface area contributed by atoms with E-state index >= 15 is 0 Å². The summed E-state index contributed by atoms with van der Waals surface area (Å²) < 4.78 is 11.5. The zero-order valence-corrected chi connectivity index (χ0v) is 20.7. The molecule has 0 radical (unpaired) electrons. The molecule has 186 valence electrons. The molecular formula is C29H37N3O3. The highest BCUT2D eigenvalue weighted by Crippen LogP contribution is 2.18. The molecule has 35 heavy (non-hydrogen) atoms. The normalized spacial score (nSPS) is 14.2. The average Bonchev–Trinajstić information content (AvgIpc) is 3.35. The third-order valence-corrected chi connectivity index (χ3v) is 6.32. The molecule has 3 aromatic rings. The number of amides is 1. The van der Waals surface area contributed by atoms with Crippen LogP contribution in [0, 0.1) is 0 Å². The first kappa shape index (κ1) is 25.0. The Morgan fingerprint density at radius 1 is 0.914 bits per heavy atom. The number of carbonyl (C=O) groups is 1. The van der Waals surface area contributed by atoms with Gasteiger partial charge in [0.25, 0.3) is 5.91 Å². The summed E-state index contributed by atoms with van der Waals surface area (Å²) in [6.07, 6.45) is 3.83. The lowest BCUT2D eigenvalue weighted by molar-refractivity contribution is 0.0914. The minimum Gasteiger partial charge on any atom is -0.494 e. The van der Waals surface area contributed by atoms with Gasteiger partial charge in [-0.25, -0.2) is 0 Å². The van der Waals surface area contributed by atoms with Crippen molar-refractivity contribution >= 4 is 5.91 Å². The molecule has 2 aromatic carbocycles. The fraction of sp³-hybridized carbons (Fsp3) is 0.414. The number of nitrogens with zero attached hydrogens (tertiary/aromatic N) is 2. The molecule has 1 aliphatic rings. The molecule has 1 N–H and O–H groups in total. The van der Waals surface area contributed by atoms with E-state index in [4.69, 9.17) is 9.15 Å². The highest BCUT2D eigenvalue weighted by atomic mass is 16.5. The number of furan rings is 1. The largest absolute Gasteiger partial charge is 0.494 e. The number of rotatable bonds is 12. The van der Waals surface area contributed by atoms with E-state index in [1.54, 1.807) is 6.07 Å². The van der Waals surface area contributed by atoms with Gasteiger partial charge in [0.05, 0.1) is 13.2 Å². The number of piperidine rings is 1. The van der Waals surface area contributed by atoms with Crippen LogP contribution in [0.15, 0.2) is 71.1 Å². The number of hydrogen-bond acceptors (Lipinski definition) is 5. The fourth-order valence-corrected chi connectivity index (χ4v) is 4.53. The molecule has 0 unspecified atom stereocenters. The minimum absolute atomic E-state index is 0.144. The summed E-state index contributed by atoms with van der Waals surface area (Å²) in [4.78, 5) is 17.3. The lowest BCUT2D eigenvalue weighted by atomic mass is 10.1. The van der Waals surface area contributed by atoms with Crippen molar-refractivity contribution in [3.63, 3.8) is 0 Å². The summed E-state index contributed by atoms with van der Waals surface area (Å²) in [6, 6.07) is 22.3. The first-order valence-corrected chi connectivity index (χ1v) is 12.8. The van der Waals surface area contributed by atoms with Crippen molar-refractivity contribution in [1.29, 1.82) is 0 Å². The molecule has 0 spiro atoms. The number of likely N-dealkylation sites (tertiary alicyclic amines) is 1. The quantitative estimate of drug-likeness (QED) is 0.395. The van der Waals surface area contributed by atoms with Crippen LogP contribution in [0.4, 0.5) is 0 Å². The van der Waals surface area contributed by atoms with Gasteiger partial charge >= 0.3 is 0 Å². The summed E-state index contributed by atoms with van der Waals surface area (Å²) in [6.45, 7) is 8.61. The van der Waals surface area contributed by atoms with Gasteiger partial charge in [-0.2, -0.15) is 0 Å². The molecule has 1 saturated heterocycles. The van der Waals surface area contributed by atoms with Crippen LogP contribution in [0.3, 0.4) is 0 Å². The van der Waals surface area contributed by atoms with E-state index in [-0.39, 0.29) is 5.91 Å². The second-order valence-corrected chi connectivity index (χ2v) is 9.13. The minimum atomic E-state index is -0.144. The average molecular weight is 476 g/mol. The Balaban J connectivity index is 1.35. The lowest BCUT2D eigenvalue weighted by Gasteiger charge is -2.26. The molecule has 0 atom stereocenters. The van der Waals surface area contributed by atoms with E-state index < -0.39 is 0 Å². The Kier molecular flexibility index (Phi) is 9.38. The van der Waals surface area contributed by atoms with E-state index in [1.165, 1.54) is 30.4 Å². The molecular weight excluding hydrogens is 438 g/mol. The molecule has 1 aliphatic heterocycles. The summed E-state index contributed by atoms with van der Waals surface area (Å²) in [5, 5.41) is 3.01. The van der Waals surface area contributed by atoms with Crippen LogP contribution in [0.25, 0.3) is 0 Å². The van der Waals surface area contributed by atoms with Crippen molar-refractivity contribution in [2.45, 2.75) is 45.8 Å². The molecule has 0 aliphatic carbocycles. The van der Waals surface area contributed by atoms with Gasteiger partial charge in [-0.3, -0.25) is 9.69 Å². The van der Waals surface area contributed by atoms with Crippen LogP contribution in [0.5, 0.6) is 5.75 Å². The molecule has 1 aromatic heterocycles. The second-order valence-electron chi connectivity index (χ2n) is 9.13. The highest BCUT2D eigenvalue weighted by Gasteiger charge is 2.16. The van der Waals surface area contributed by atoms with E-state index in [1.807, 2.05) is 31.2 Å². The van der Waals surface area contributed by atoms with Gasteiger partial charge in [0.15, 0.2) is 5.76 Å². The summed E-state index contributed by atoms with van der Waals surface area (Å²) in [7, 11) is 0. The van der Waals surface area contributed by atoms with Gasteiger partial charge in [0.2, 0.25) is 0 Å². The lowest BCUT2D eigenvalue weighted by Crippen LogP contribution is -2.37. The number of hydrogen-bond donors (Lipinski definition) is 1. The van der Waals surface area contributed by atoms with Crippen LogP contribution in [-0.2, 0) is 19.6 Å². The number of carbonyl (C=O) groups excluding carboxylic acids is 1. The van der Waals surface area contributed by atoms with Crippen molar-refractivity contribution in [2.24, 2.45) is 0 Å². The van der Waals surface area contributed by atoms with Crippen LogP contribution in [0.1, 0.15) is 53.6 Å². The standard InChI is InChI=1S/C29H37N3O3/c1-2-34-26-13-11-25(12-14-26)22-32(21-24-9-5-3-6-10-24)23-27-15-16-28(35-27)29(33)30-17-20-31-18-7-4-8-19-31/h3,5-6,9-16H,2,4,7-8,17-23H2,1H3,(H,30,33). The predicted octanol–water partition coefficient (Wildman–Crippen LogP) is 5.10. The van der Waals surface area contributed by atoms with Gasteiger partial charge < -0.3 is 19.4 Å². The Labute approximate surface area is 208 Å². The first-order chi connectivity index (χ1) is 17.2. The van der Waals surface area contributed by atoms with Crippen molar-refractivity contribution in [3.8, 4) is 5.75 Å². The first-order valence-electron chi connectivity index (χ1n) is 12.8. The third-order valence-electron chi connectivity index (χ3n) is 6.32. The van der Waals surface area contributed by atoms with Crippen molar-refractivity contribution in [2.75, 3.05) is 32.8 Å². The molecule has 6 nitrogen and oxygen atoms in total. The molecule has 6 heteroatoms. The zero-order chi connectivity index (χ0) is 24.3. The van der Waals surface area contributed by atoms with Gasteiger partial charge in [-0.15, -0.1) is 0 Å². The van der Waals surface area contributed by atoms with Gasteiger partial charge in [0, 0.05) is 26.2 Å². The van der Waals surface area contributed by atoms with Crippen molar-refractivity contribution in [3.05, 3.63) is 89.4 Å². The van der Waals surface area contributed by atoms with Crippen molar-refractivity contribution < 1.29 is 13.9 Å². The number of ether oxygens (including phenoxy) is 1. The van der Waals surface area contributed by atoms with E-state index in [0.717, 1.165) is 44.2 Å². The SMILES string of the molecule is CCOc1ccc(CN(Cc2ccccc2)Cc2ccc(C(=O)NCCN3CCCCC3)o2)cc1. The number of nitrogens with one attached hydrogen (secondary N) is 1. The molecule has 4 rings (SSSR count). The van der Waals surface area contributed by atoms with Gasteiger partial charge in [-0.05, 0) is 68.2 Å². The Bertz CT molecular complexity index is 1030. The monoisotopic (exact) mass is 475 g/mol. The summed E-state index contributed by atoms with van der Waals surface area (Å²) >= 11 is 0. The van der Waals surface area contributed by atoms with Crippen molar-refractivity contribution in [1.82, 2.24) is 15.1 Å². The summed E-state index contributed by atoms with van der Waals surface area (Å²) in [5.74, 6) is 1.90. The fourth-order valence-electron chi connectivity index (χ4n) is 4.53. The smallest absolute Gasteiger partial charge is 0.287 e. The molecule has 0 saturated carbocycles. The Morgan fingerprint density at radius 2 is 1.63 bits per heavy atom. The molecule has 0 bridgehead atoms. The molecule has 1 amide bonds. The summed E-state index contributed by atoms with van der Waals surface area (Å²) in [5.41, 5.74) is 2.44. The van der Waals surface area contributed by atoms with Crippen LogP contribution in [-0.4, -0.2) is 48.5 Å². The van der Waals surface area contributed by atoms with Gasteiger partial charge in [0.1, 0.15) is 11.5 Å². The van der Waals surface area contributed by atoms with E-state index in [9.17, 15) is 4.79 Å². The molecule has 1 fully saturated rings. The van der Waals surface area contributed by atoms with E-state index in [0.29, 0.717) is 25.5 Å². The van der Waals surface area contributed by atoms with Crippen LogP contribution in [0.2, 0.25) is 0 Å². The third kappa shape index (κ3) is 7.98. The predicted molar refractivity (Wildman–Crippen MR) is 138 cm³/mol. The molecule has 2 heterocycles. The topological polar surface area (TPSA) is 58.0 Å². The maximum Gasteiger partial charge on any atom is 0.287 e. The van der Waals surface area contributed by atoms with Crippen LogP contribution >= 0.6 is 0 Å². The van der Waals surface area contributed by atoms with Gasteiger partial charge in [-0.1, -0.05) is 48.9 Å². The highest BCUT2D eigenvalue weighted by molar-refractivity contribution is 5.91. The maximum atomic E-state index is 12.6.